The van der Waals surface area contributed by atoms with Crippen molar-refractivity contribution < 1.29 is 35.9 Å². The van der Waals surface area contributed by atoms with E-state index in [1.165, 1.54) is 19.2 Å². The van der Waals surface area contributed by atoms with Crippen LogP contribution in [0.2, 0.25) is 0 Å². The van der Waals surface area contributed by atoms with Crippen LogP contribution in [-0.4, -0.2) is 31.0 Å². The third-order valence-corrected chi connectivity index (χ3v) is 4.38. The van der Waals surface area contributed by atoms with Gasteiger partial charge in [-0.3, -0.25) is 0 Å². The number of nitrogens with one attached hydrogen (secondary N) is 2. The smallest absolute Gasteiger partial charge is 0.420 e. The van der Waals surface area contributed by atoms with Crippen molar-refractivity contribution in [2.45, 2.75) is 31.2 Å². The van der Waals surface area contributed by atoms with Crippen molar-refractivity contribution in [2.75, 3.05) is 12.4 Å². The maximum Gasteiger partial charge on any atom is 0.420 e. The molecule has 4 nitrogen and oxygen atoms in total. The van der Waals surface area contributed by atoms with Crippen molar-refractivity contribution in [2.24, 2.45) is 0 Å². The number of methoxy groups -OCH3 is 1. The van der Waals surface area contributed by atoms with Crippen LogP contribution in [-0.2, 0) is 0 Å². The first kappa shape index (κ1) is 22.4. The maximum absolute atomic E-state index is 13.2. The fourth-order valence-corrected chi connectivity index (χ4v) is 2.75. The van der Waals surface area contributed by atoms with Crippen LogP contribution in [0, 0.1) is 0 Å². The fraction of sp³-hybridized carbons (Fsp3) is 0.316. The summed E-state index contributed by atoms with van der Waals surface area (Å²) in [6.45, 7) is 0.692. The summed E-state index contributed by atoms with van der Waals surface area (Å²) in [5, 5.41) is 3.09. The maximum atomic E-state index is 13.2. The Kier molecular flexibility index (Phi) is 6.34. The molecule has 0 unspecified atom stereocenters. The zero-order valence-corrected chi connectivity index (χ0v) is 15.4. The molecule has 0 atom stereocenters. The molecule has 0 aliphatic carbocycles. The summed E-state index contributed by atoms with van der Waals surface area (Å²) in [7, 11) is 1.25. The predicted octanol–water partition coefficient (Wildman–Crippen LogP) is 5.76. The van der Waals surface area contributed by atoms with E-state index in [-0.39, 0.29) is 11.4 Å². The predicted molar refractivity (Wildman–Crippen MR) is 95.7 cm³/mol. The second-order valence-corrected chi connectivity index (χ2v) is 6.11. The average Bonchev–Trinajstić information content (AvgIpc) is 2.64. The average molecular weight is 420 g/mol. The lowest BCUT2D eigenvalue weighted by atomic mass is 9.94. The van der Waals surface area contributed by atoms with E-state index in [9.17, 15) is 31.1 Å². The Morgan fingerprint density at radius 1 is 0.931 bits per heavy atom. The van der Waals surface area contributed by atoms with E-state index in [4.69, 9.17) is 4.74 Å². The molecule has 0 spiro atoms. The number of alkyl halides is 6. The van der Waals surface area contributed by atoms with Crippen LogP contribution >= 0.6 is 0 Å². The van der Waals surface area contributed by atoms with E-state index in [1.54, 1.807) is 36.4 Å². The van der Waals surface area contributed by atoms with Crippen LogP contribution in [0.15, 0.2) is 48.5 Å². The minimum Gasteiger partial charge on any atom is -0.495 e. The molecule has 0 bridgehead atoms. The van der Waals surface area contributed by atoms with Gasteiger partial charge in [-0.15, -0.1) is 0 Å². The normalized spacial score (nSPS) is 12.4. The molecule has 2 N–H and O–H groups in total. The highest BCUT2D eigenvalue weighted by Crippen LogP contribution is 2.45. The van der Waals surface area contributed by atoms with Crippen LogP contribution in [0.5, 0.6) is 5.75 Å². The second kappa shape index (κ2) is 8.22. The Hall–Kier alpha value is -2.91. The number of halogens is 6. The molecule has 2 aromatic rings. The molecular weight excluding hydrogens is 402 g/mol. The lowest BCUT2D eigenvalue weighted by Gasteiger charge is -2.37. The van der Waals surface area contributed by atoms with Crippen LogP contribution in [0.3, 0.4) is 0 Å². The van der Waals surface area contributed by atoms with E-state index in [1.807, 2.05) is 5.32 Å². The van der Waals surface area contributed by atoms with Crippen LogP contribution < -0.4 is 15.4 Å². The van der Waals surface area contributed by atoms with Gasteiger partial charge in [-0.05, 0) is 29.7 Å². The minimum atomic E-state index is -5.74. The van der Waals surface area contributed by atoms with Crippen molar-refractivity contribution >= 4 is 11.7 Å². The van der Waals surface area contributed by atoms with Gasteiger partial charge in [0.2, 0.25) is 5.54 Å². The van der Waals surface area contributed by atoms with Gasteiger partial charge in [-0.2, -0.15) is 26.3 Å². The summed E-state index contributed by atoms with van der Waals surface area (Å²) < 4.78 is 84.3. The monoisotopic (exact) mass is 420 g/mol. The molecule has 0 aliphatic rings. The number of ether oxygens (including phenoxy) is 1. The number of anilines is 1. The molecule has 0 radical (unpaired) electrons. The van der Waals surface area contributed by atoms with Crippen molar-refractivity contribution in [1.82, 2.24) is 5.32 Å². The van der Waals surface area contributed by atoms with E-state index in [2.05, 4.69) is 0 Å². The number of urea groups is 1. The second-order valence-electron chi connectivity index (χ2n) is 6.11. The third-order valence-electron chi connectivity index (χ3n) is 4.38. The Labute approximate surface area is 162 Å². The summed E-state index contributed by atoms with van der Waals surface area (Å²) in [5.74, 6) is 0.0703. The number of hydrogen-bond acceptors (Lipinski definition) is 2. The SMILES string of the molecule is CCC(NC(=O)Nc1cc(-c2ccccc2)ccc1OC)(C(F)(F)F)C(F)(F)F. The number of carbonyl (C=O) groups excluding carboxylic acids is 1. The summed E-state index contributed by atoms with van der Waals surface area (Å²) >= 11 is 0. The van der Waals surface area contributed by atoms with Gasteiger partial charge in [0.1, 0.15) is 5.75 Å². The van der Waals surface area contributed by atoms with Gasteiger partial charge in [-0.25, -0.2) is 4.79 Å². The number of rotatable bonds is 5. The quantitative estimate of drug-likeness (QED) is 0.605. The van der Waals surface area contributed by atoms with Crippen molar-refractivity contribution in [3.8, 4) is 16.9 Å². The van der Waals surface area contributed by atoms with E-state index in [0.717, 1.165) is 10.9 Å². The Bertz CT molecular complexity index is 836. The first-order valence-electron chi connectivity index (χ1n) is 8.41. The van der Waals surface area contributed by atoms with Crippen molar-refractivity contribution in [3.05, 3.63) is 48.5 Å². The van der Waals surface area contributed by atoms with E-state index >= 15 is 0 Å². The van der Waals surface area contributed by atoms with E-state index < -0.39 is 30.3 Å². The molecule has 2 rings (SSSR count). The first-order chi connectivity index (χ1) is 13.4. The molecule has 0 saturated carbocycles. The van der Waals surface area contributed by atoms with Gasteiger partial charge < -0.3 is 15.4 Å². The Balaban J connectivity index is 2.36. The van der Waals surface area contributed by atoms with Gasteiger partial charge in [0.25, 0.3) is 0 Å². The lowest BCUT2D eigenvalue weighted by molar-refractivity contribution is -0.304. The van der Waals surface area contributed by atoms with Crippen molar-refractivity contribution in [3.63, 3.8) is 0 Å². The molecule has 0 saturated heterocycles. The highest BCUT2D eigenvalue weighted by atomic mass is 19.4. The third kappa shape index (κ3) is 4.57. The highest BCUT2D eigenvalue weighted by Gasteiger charge is 2.70. The highest BCUT2D eigenvalue weighted by molar-refractivity contribution is 5.92. The molecule has 0 aromatic heterocycles. The molecule has 0 heterocycles. The number of benzene rings is 2. The Morgan fingerprint density at radius 3 is 2.00 bits per heavy atom. The van der Waals surface area contributed by atoms with Crippen molar-refractivity contribution in [1.29, 1.82) is 0 Å². The summed E-state index contributed by atoms with van der Waals surface area (Å²) in [6, 6.07) is 11.6. The van der Waals surface area contributed by atoms with Gasteiger partial charge in [0.05, 0.1) is 12.8 Å². The summed E-state index contributed by atoms with van der Waals surface area (Å²) in [5.41, 5.74) is -3.16. The van der Waals surface area contributed by atoms with E-state index in [0.29, 0.717) is 12.5 Å². The van der Waals surface area contributed by atoms with Gasteiger partial charge >= 0.3 is 18.4 Å². The summed E-state index contributed by atoms with van der Waals surface area (Å²) in [4.78, 5) is 12.1. The van der Waals surface area contributed by atoms with Crippen LogP contribution in [0.25, 0.3) is 11.1 Å². The lowest BCUT2D eigenvalue weighted by Crippen LogP contribution is -2.67. The zero-order valence-electron chi connectivity index (χ0n) is 15.4. The molecule has 0 fully saturated rings. The topological polar surface area (TPSA) is 50.4 Å². The fourth-order valence-electron chi connectivity index (χ4n) is 2.75. The number of carbonyl (C=O) groups is 1. The van der Waals surface area contributed by atoms with Crippen LogP contribution in [0.4, 0.5) is 36.8 Å². The summed E-state index contributed by atoms with van der Waals surface area (Å²) in [6.07, 6.45) is -12.9. The first-order valence-corrected chi connectivity index (χ1v) is 8.41. The Morgan fingerprint density at radius 2 is 1.52 bits per heavy atom. The minimum absolute atomic E-state index is 0.0703. The van der Waals surface area contributed by atoms with Gasteiger partial charge in [0.15, 0.2) is 0 Å². The van der Waals surface area contributed by atoms with Crippen LogP contribution in [0.1, 0.15) is 13.3 Å². The largest absolute Gasteiger partial charge is 0.495 e. The number of amides is 2. The zero-order chi connectivity index (χ0) is 21.9. The molecule has 2 aromatic carbocycles. The van der Waals surface area contributed by atoms with Gasteiger partial charge in [0, 0.05) is 0 Å². The molecular formula is C19H18F6N2O2. The molecule has 29 heavy (non-hydrogen) atoms. The molecule has 158 valence electrons. The molecule has 0 aliphatic heterocycles. The van der Waals surface area contributed by atoms with Gasteiger partial charge in [-0.1, -0.05) is 43.3 Å². The standard InChI is InChI=1S/C19H18F6N2O2/c1-3-17(18(20,21)22,19(23,24)25)27-16(28)26-14-11-13(9-10-15(14)29-2)12-7-5-4-6-8-12/h4-11H,3H2,1-2H3,(H2,26,27,28). The molecule has 2 amide bonds. The number of hydrogen-bond donors (Lipinski definition) is 2. The molecule has 10 heteroatoms.